The van der Waals surface area contributed by atoms with Gasteiger partial charge in [0.15, 0.2) is 0 Å². The van der Waals surface area contributed by atoms with E-state index in [1.807, 2.05) is 30.6 Å². The lowest BCUT2D eigenvalue weighted by molar-refractivity contribution is 0.395. The highest BCUT2D eigenvalue weighted by Gasteiger charge is 2.08. The van der Waals surface area contributed by atoms with Crippen LogP contribution in [0.5, 0.6) is 11.5 Å². The first kappa shape index (κ1) is 14.3. The molecule has 20 heavy (non-hydrogen) atoms. The van der Waals surface area contributed by atoms with E-state index in [1.54, 1.807) is 14.2 Å². The molecule has 1 N–H and O–H groups in total. The maximum atomic E-state index is 5.44. The van der Waals surface area contributed by atoms with E-state index in [-0.39, 0.29) is 0 Å². The van der Waals surface area contributed by atoms with E-state index in [4.69, 9.17) is 9.47 Å². The van der Waals surface area contributed by atoms with Crippen molar-refractivity contribution in [2.75, 3.05) is 20.8 Å². The van der Waals surface area contributed by atoms with Crippen LogP contribution in [0.3, 0.4) is 0 Å². The second-order valence-corrected chi connectivity index (χ2v) is 4.43. The molecule has 0 spiro atoms. The maximum absolute atomic E-state index is 5.44. The number of rotatable bonds is 6. The van der Waals surface area contributed by atoms with Crippen LogP contribution in [0, 0.1) is 0 Å². The summed E-state index contributed by atoms with van der Waals surface area (Å²) in [5, 5.41) is 3.30. The first-order chi connectivity index (χ1) is 9.78. The highest BCUT2D eigenvalue weighted by atomic mass is 16.5. The molecule has 0 saturated heterocycles. The smallest absolute Gasteiger partial charge is 0.130 e. The monoisotopic (exact) mass is 272 g/mol. The van der Waals surface area contributed by atoms with E-state index in [2.05, 4.69) is 23.3 Å². The number of ether oxygens (including phenoxy) is 2. The Balaban J connectivity index is 2.35. The summed E-state index contributed by atoms with van der Waals surface area (Å²) in [4.78, 5) is 4.31. The first-order valence-corrected chi connectivity index (χ1v) is 6.65. The third kappa shape index (κ3) is 3.27. The van der Waals surface area contributed by atoms with Crippen molar-refractivity contribution in [1.82, 2.24) is 10.3 Å². The van der Waals surface area contributed by atoms with Crippen LogP contribution in [0.4, 0.5) is 0 Å². The van der Waals surface area contributed by atoms with Gasteiger partial charge in [0.25, 0.3) is 0 Å². The summed E-state index contributed by atoms with van der Waals surface area (Å²) in [6.07, 6.45) is 3.72. The fourth-order valence-electron chi connectivity index (χ4n) is 2.04. The van der Waals surface area contributed by atoms with Crippen molar-refractivity contribution in [2.24, 2.45) is 0 Å². The van der Waals surface area contributed by atoms with Gasteiger partial charge in [-0.2, -0.15) is 0 Å². The summed E-state index contributed by atoms with van der Waals surface area (Å²) in [6, 6.07) is 7.92. The van der Waals surface area contributed by atoms with Gasteiger partial charge in [0.05, 0.1) is 14.2 Å². The molecular formula is C16H20N2O2. The van der Waals surface area contributed by atoms with Crippen molar-refractivity contribution in [2.45, 2.75) is 13.5 Å². The Kier molecular flexibility index (Phi) is 4.96. The lowest BCUT2D eigenvalue weighted by atomic mass is 10.0. The number of methoxy groups -OCH3 is 2. The van der Waals surface area contributed by atoms with Crippen molar-refractivity contribution in [3.05, 3.63) is 42.2 Å². The minimum absolute atomic E-state index is 0.780. The number of nitrogens with one attached hydrogen (secondary N) is 1. The van der Waals surface area contributed by atoms with Crippen molar-refractivity contribution >= 4 is 0 Å². The average molecular weight is 272 g/mol. The first-order valence-electron chi connectivity index (χ1n) is 6.65. The topological polar surface area (TPSA) is 43.4 Å². The van der Waals surface area contributed by atoms with E-state index in [9.17, 15) is 0 Å². The van der Waals surface area contributed by atoms with Crippen LogP contribution in [0.1, 0.15) is 12.5 Å². The van der Waals surface area contributed by atoms with Crippen LogP contribution in [0.25, 0.3) is 11.1 Å². The quantitative estimate of drug-likeness (QED) is 0.878. The molecule has 2 aromatic rings. The van der Waals surface area contributed by atoms with Crippen LogP contribution in [0.15, 0.2) is 36.7 Å². The molecule has 1 heterocycles. The molecule has 0 amide bonds. The van der Waals surface area contributed by atoms with Gasteiger partial charge in [0, 0.05) is 36.1 Å². The zero-order valence-electron chi connectivity index (χ0n) is 12.1. The highest BCUT2D eigenvalue weighted by molar-refractivity contribution is 5.71. The Morgan fingerprint density at radius 1 is 1.10 bits per heavy atom. The van der Waals surface area contributed by atoms with E-state index in [1.165, 1.54) is 0 Å². The van der Waals surface area contributed by atoms with Crippen LogP contribution in [0.2, 0.25) is 0 Å². The Bertz CT molecular complexity index is 570. The van der Waals surface area contributed by atoms with E-state index in [0.29, 0.717) is 0 Å². The molecule has 0 aliphatic carbocycles. The molecule has 2 rings (SSSR count). The Hall–Kier alpha value is -2.07. The van der Waals surface area contributed by atoms with Crippen molar-refractivity contribution < 1.29 is 9.47 Å². The maximum Gasteiger partial charge on any atom is 0.130 e. The van der Waals surface area contributed by atoms with E-state index >= 15 is 0 Å². The molecule has 4 nitrogen and oxygen atoms in total. The normalized spacial score (nSPS) is 10.3. The zero-order chi connectivity index (χ0) is 14.4. The average Bonchev–Trinajstić information content (AvgIpc) is 2.52. The molecule has 106 valence electrons. The fourth-order valence-corrected chi connectivity index (χ4v) is 2.04. The molecule has 0 aliphatic heterocycles. The molecule has 0 atom stereocenters. The number of pyridine rings is 1. The predicted octanol–water partition coefficient (Wildman–Crippen LogP) is 2.88. The van der Waals surface area contributed by atoms with Gasteiger partial charge in [-0.3, -0.25) is 4.98 Å². The minimum atomic E-state index is 0.780. The molecule has 0 fully saturated rings. The van der Waals surface area contributed by atoms with Crippen LogP contribution in [-0.2, 0) is 6.54 Å². The molecule has 0 aliphatic rings. The minimum Gasteiger partial charge on any atom is -0.497 e. The van der Waals surface area contributed by atoms with Crippen LogP contribution in [-0.4, -0.2) is 25.7 Å². The third-order valence-electron chi connectivity index (χ3n) is 3.09. The number of hydrogen-bond acceptors (Lipinski definition) is 4. The fraction of sp³-hybridized carbons (Fsp3) is 0.312. The van der Waals surface area contributed by atoms with Crippen molar-refractivity contribution in [3.63, 3.8) is 0 Å². The van der Waals surface area contributed by atoms with Crippen molar-refractivity contribution in [1.29, 1.82) is 0 Å². The van der Waals surface area contributed by atoms with Gasteiger partial charge < -0.3 is 14.8 Å². The zero-order valence-corrected chi connectivity index (χ0v) is 12.1. The Labute approximate surface area is 119 Å². The highest BCUT2D eigenvalue weighted by Crippen LogP contribution is 2.33. The summed E-state index contributed by atoms with van der Waals surface area (Å²) >= 11 is 0. The molecule has 0 radical (unpaired) electrons. The number of aromatic nitrogens is 1. The number of nitrogens with zero attached hydrogens (tertiary/aromatic N) is 1. The number of hydrogen-bond donors (Lipinski definition) is 1. The molecule has 0 unspecified atom stereocenters. The molecule has 4 heteroatoms. The number of benzene rings is 1. The summed E-state index contributed by atoms with van der Waals surface area (Å²) in [6.45, 7) is 3.84. The Morgan fingerprint density at radius 2 is 1.95 bits per heavy atom. The molecular weight excluding hydrogens is 252 g/mol. The van der Waals surface area contributed by atoms with Gasteiger partial charge in [0.2, 0.25) is 0 Å². The standard InChI is InChI=1S/C16H20N2O2/c1-4-17-9-12-7-13(11-18-10-12)15-6-5-14(19-2)8-16(15)20-3/h5-8,10-11,17H,4,9H2,1-3H3. The molecule has 0 saturated carbocycles. The summed E-state index contributed by atoms with van der Waals surface area (Å²) in [5.41, 5.74) is 3.21. The van der Waals surface area contributed by atoms with Gasteiger partial charge in [0.1, 0.15) is 11.5 Å². The lowest BCUT2D eigenvalue weighted by Crippen LogP contribution is -2.11. The summed E-state index contributed by atoms with van der Waals surface area (Å²) in [7, 11) is 3.31. The second kappa shape index (κ2) is 6.91. The van der Waals surface area contributed by atoms with Gasteiger partial charge in [-0.05, 0) is 30.3 Å². The molecule has 1 aromatic heterocycles. The lowest BCUT2D eigenvalue weighted by Gasteiger charge is -2.11. The SMILES string of the molecule is CCNCc1cncc(-c2ccc(OC)cc2OC)c1. The van der Waals surface area contributed by atoms with Gasteiger partial charge >= 0.3 is 0 Å². The molecule has 0 bridgehead atoms. The third-order valence-corrected chi connectivity index (χ3v) is 3.09. The predicted molar refractivity (Wildman–Crippen MR) is 80.2 cm³/mol. The second-order valence-electron chi connectivity index (χ2n) is 4.43. The van der Waals surface area contributed by atoms with Crippen LogP contribution >= 0.6 is 0 Å². The molecule has 1 aromatic carbocycles. The summed E-state index contributed by atoms with van der Waals surface area (Å²) < 4.78 is 10.7. The Morgan fingerprint density at radius 3 is 2.65 bits per heavy atom. The summed E-state index contributed by atoms with van der Waals surface area (Å²) in [5.74, 6) is 1.56. The van der Waals surface area contributed by atoms with Crippen LogP contribution < -0.4 is 14.8 Å². The van der Waals surface area contributed by atoms with Gasteiger partial charge in [-0.1, -0.05) is 6.92 Å². The van der Waals surface area contributed by atoms with E-state index in [0.717, 1.165) is 41.3 Å². The van der Waals surface area contributed by atoms with E-state index < -0.39 is 0 Å². The van der Waals surface area contributed by atoms with Gasteiger partial charge in [-0.25, -0.2) is 0 Å². The largest absolute Gasteiger partial charge is 0.497 e. The van der Waals surface area contributed by atoms with Crippen molar-refractivity contribution in [3.8, 4) is 22.6 Å². The van der Waals surface area contributed by atoms with Gasteiger partial charge in [-0.15, -0.1) is 0 Å².